The minimum absolute atomic E-state index is 0.0248. The van der Waals surface area contributed by atoms with E-state index in [0.29, 0.717) is 5.57 Å². The molecule has 1 aliphatic rings. The van der Waals surface area contributed by atoms with Crippen molar-refractivity contribution in [3.05, 3.63) is 47.5 Å². The predicted molar refractivity (Wildman–Crippen MR) is 97.2 cm³/mol. The minimum atomic E-state index is -0.998. The summed E-state index contributed by atoms with van der Waals surface area (Å²) in [5, 5.41) is 15.0. The van der Waals surface area contributed by atoms with Gasteiger partial charge >= 0.3 is 0 Å². The molecule has 0 saturated carbocycles. The third-order valence-electron chi connectivity index (χ3n) is 4.64. The van der Waals surface area contributed by atoms with Crippen molar-refractivity contribution in [3.63, 3.8) is 0 Å². The lowest BCUT2D eigenvalue weighted by Crippen LogP contribution is -2.49. The predicted octanol–water partition coefficient (Wildman–Crippen LogP) is 3.82. The Morgan fingerprint density at radius 2 is 1.80 bits per heavy atom. The molecule has 0 bridgehead atoms. The number of rotatable bonds is 2. The van der Waals surface area contributed by atoms with Crippen molar-refractivity contribution in [1.82, 2.24) is 9.78 Å². The number of aliphatic hydroxyl groups is 1. The maximum absolute atomic E-state index is 13.0. The molecule has 0 fully saturated rings. The summed E-state index contributed by atoms with van der Waals surface area (Å²) >= 11 is 0. The van der Waals surface area contributed by atoms with Gasteiger partial charge in [-0.1, -0.05) is 12.1 Å². The summed E-state index contributed by atoms with van der Waals surface area (Å²) in [5.41, 5.74) is 1.98. The van der Waals surface area contributed by atoms with Gasteiger partial charge in [-0.15, -0.1) is 0 Å². The zero-order chi connectivity index (χ0) is 18.6. The Balaban J connectivity index is 2.22. The molecule has 0 amide bonds. The molecule has 0 radical (unpaired) electrons. The first-order chi connectivity index (χ1) is 11.5. The van der Waals surface area contributed by atoms with Crippen LogP contribution >= 0.6 is 0 Å². The van der Waals surface area contributed by atoms with Crippen LogP contribution in [0.15, 0.2) is 36.4 Å². The van der Waals surface area contributed by atoms with E-state index >= 15 is 0 Å². The van der Waals surface area contributed by atoms with Crippen LogP contribution in [0.1, 0.15) is 38.8 Å². The van der Waals surface area contributed by atoms with Crippen molar-refractivity contribution < 1.29 is 14.6 Å². The molecule has 0 unspecified atom stereocenters. The number of aryl methyl sites for hydroxylation is 2. The van der Waals surface area contributed by atoms with Crippen LogP contribution in [-0.4, -0.2) is 31.9 Å². The highest BCUT2D eigenvalue weighted by molar-refractivity contribution is 6.26. The number of Topliss-reactive ketones (excluding diaryl/α,β-unsaturated/α-hetero) is 1. The van der Waals surface area contributed by atoms with Gasteiger partial charge in [-0.05, 0) is 57.4 Å². The second kappa shape index (κ2) is 5.56. The highest BCUT2D eigenvalue weighted by Gasteiger charge is 2.47. The highest BCUT2D eigenvalue weighted by Crippen LogP contribution is 2.41. The molecule has 0 spiro atoms. The zero-order valence-corrected chi connectivity index (χ0v) is 15.5. The number of hydrogen-bond donors (Lipinski definition) is 1. The number of hydrogen-bond acceptors (Lipinski definition) is 4. The molecule has 5 nitrogen and oxygen atoms in total. The quantitative estimate of drug-likeness (QED) is 0.902. The summed E-state index contributed by atoms with van der Waals surface area (Å²) in [6.07, 6.45) is 3.70. The molecule has 3 rings (SSSR count). The maximum atomic E-state index is 13.0. The second-order valence-corrected chi connectivity index (χ2v) is 7.61. The molecule has 1 aromatic heterocycles. The van der Waals surface area contributed by atoms with E-state index in [1.165, 1.54) is 0 Å². The smallest absolute Gasteiger partial charge is 0.198 e. The van der Waals surface area contributed by atoms with Crippen molar-refractivity contribution in [2.75, 3.05) is 0 Å². The van der Waals surface area contributed by atoms with Crippen LogP contribution in [0.25, 0.3) is 16.7 Å². The molecule has 25 heavy (non-hydrogen) atoms. The van der Waals surface area contributed by atoms with Crippen molar-refractivity contribution in [2.45, 2.75) is 45.8 Å². The van der Waals surface area contributed by atoms with Gasteiger partial charge in [0.15, 0.2) is 5.78 Å². The average molecular weight is 340 g/mol. The van der Waals surface area contributed by atoms with Gasteiger partial charge in [0.25, 0.3) is 0 Å². The Bertz CT molecular complexity index is 888. The van der Waals surface area contributed by atoms with E-state index in [2.05, 4.69) is 5.10 Å². The first-order valence-corrected chi connectivity index (χ1v) is 8.31. The summed E-state index contributed by atoms with van der Waals surface area (Å²) in [7, 11) is 1.86. The maximum Gasteiger partial charge on any atom is 0.198 e. The summed E-state index contributed by atoms with van der Waals surface area (Å²) in [6, 6.07) is 5.89. The number of ether oxygens (including phenoxy) is 1. The van der Waals surface area contributed by atoms with Gasteiger partial charge < -0.3 is 9.84 Å². The van der Waals surface area contributed by atoms with Gasteiger partial charge in [0.2, 0.25) is 0 Å². The number of ketones is 1. The van der Waals surface area contributed by atoms with E-state index in [9.17, 15) is 9.90 Å². The van der Waals surface area contributed by atoms with Gasteiger partial charge in [0.1, 0.15) is 17.0 Å². The van der Waals surface area contributed by atoms with E-state index in [-0.39, 0.29) is 11.5 Å². The molecular weight excluding hydrogens is 316 g/mol. The molecule has 1 aliphatic heterocycles. The summed E-state index contributed by atoms with van der Waals surface area (Å²) in [4.78, 5) is 13.0. The van der Waals surface area contributed by atoms with E-state index in [4.69, 9.17) is 4.74 Å². The lowest BCUT2D eigenvalue weighted by atomic mass is 9.81. The van der Waals surface area contributed by atoms with E-state index in [1.54, 1.807) is 38.6 Å². The third kappa shape index (κ3) is 2.89. The Labute approximate surface area is 147 Å². The van der Waals surface area contributed by atoms with Crippen LogP contribution in [0.5, 0.6) is 0 Å². The molecule has 2 heterocycles. The van der Waals surface area contributed by atoms with Crippen molar-refractivity contribution in [2.24, 2.45) is 7.05 Å². The van der Waals surface area contributed by atoms with Crippen LogP contribution < -0.4 is 0 Å². The molecule has 132 valence electrons. The first-order valence-electron chi connectivity index (χ1n) is 8.31. The lowest BCUT2D eigenvalue weighted by Gasteiger charge is -2.40. The molecular formula is C20H24N2O3. The normalized spacial score (nSPS) is 19.4. The number of aromatic nitrogens is 2. The van der Waals surface area contributed by atoms with Crippen molar-refractivity contribution in [3.8, 4) is 11.1 Å². The fraction of sp³-hybridized carbons (Fsp3) is 0.400. The zero-order valence-electron chi connectivity index (χ0n) is 15.5. The number of benzene rings is 1. The van der Waals surface area contributed by atoms with Gasteiger partial charge in [-0.3, -0.25) is 9.48 Å². The number of aliphatic hydroxyl groups excluding tert-OH is 1. The summed E-state index contributed by atoms with van der Waals surface area (Å²) < 4.78 is 7.56. The van der Waals surface area contributed by atoms with Crippen LogP contribution in [0.3, 0.4) is 0 Å². The highest BCUT2D eigenvalue weighted by atomic mass is 16.5. The number of carbonyl (C=O) groups excluding carboxylic acids is 1. The second-order valence-electron chi connectivity index (χ2n) is 7.61. The lowest BCUT2D eigenvalue weighted by molar-refractivity contribution is -0.158. The standard InChI is InChI=1S/C20H24N2O3/c1-12-7-8-13(14-10-21-22(6)11-14)9-15(12)16-17(23)19(2,3)25-20(4,5)18(16)24/h7-11,23H,1-6H3. The Hall–Kier alpha value is -2.40. The fourth-order valence-electron chi connectivity index (χ4n) is 3.33. The Kier molecular flexibility index (Phi) is 3.88. The largest absolute Gasteiger partial charge is 0.508 e. The van der Waals surface area contributed by atoms with Crippen molar-refractivity contribution >= 4 is 11.4 Å². The molecule has 0 atom stereocenters. The van der Waals surface area contributed by atoms with Crippen LogP contribution in [0, 0.1) is 6.92 Å². The molecule has 0 saturated heterocycles. The molecule has 0 aliphatic carbocycles. The Morgan fingerprint density at radius 3 is 2.40 bits per heavy atom. The molecule has 1 aromatic carbocycles. The van der Waals surface area contributed by atoms with Crippen LogP contribution in [0.2, 0.25) is 0 Å². The monoisotopic (exact) mass is 340 g/mol. The number of nitrogens with zero attached hydrogens (tertiary/aromatic N) is 2. The topological polar surface area (TPSA) is 64.3 Å². The van der Waals surface area contributed by atoms with Crippen LogP contribution in [-0.2, 0) is 16.6 Å². The average Bonchev–Trinajstić information content (AvgIpc) is 2.93. The van der Waals surface area contributed by atoms with E-state index in [1.807, 2.05) is 38.4 Å². The van der Waals surface area contributed by atoms with E-state index in [0.717, 1.165) is 22.3 Å². The van der Waals surface area contributed by atoms with E-state index < -0.39 is 11.2 Å². The fourth-order valence-corrected chi connectivity index (χ4v) is 3.33. The summed E-state index contributed by atoms with van der Waals surface area (Å²) in [6.45, 7) is 8.96. The first kappa shape index (κ1) is 17.4. The number of carbonyl (C=O) groups is 1. The van der Waals surface area contributed by atoms with Gasteiger partial charge in [0, 0.05) is 18.8 Å². The Morgan fingerprint density at radius 1 is 1.12 bits per heavy atom. The summed E-state index contributed by atoms with van der Waals surface area (Å²) in [5.74, 6) is -0.237. The minimum Gasteiger partial charge on any atom is -0.508 e. The van der Waals surface area contributed by atoms with Crippen molar-refractivity contribution in [1.29, 1.82) is 0 Å². The molecule has 2 aromatic rings. The van der Waals surface area contributed by atoms with Gasteiger partial charge in [-0.2, -0.15) is 5.10 Å². The van der Waals surface area contributed by atoms with Gasteiger partial charge in [0.05, 0.1) is 11.8 Å². The molecule has 1 N–H and O–H groups in total. The van der Waals surface area contributed by atoms with Gasteiger partial charge in [-0.25, -0.2) is 0 Å². The van der Waals surface area contributed by atoms with Crippen LogP contribution in [0.4, 0.5) is 0 Å². The SMILES string of the molecule is Cc1ccc(-c2cnn(C)c2)cc1C1=C(O)C(C)(C)OC(C)(C)C1=O. The third-order valence-corrected chi connectivity index (χ3v) is 4.64. The molecule has 5 heteroatoms.